The van der Waals surface area contributed by atoms with E-state index in [1.165, 1.54) is 6.20 Å². The number of nitrogens with one attached hydrogen (secondary N) is 1. The Hall–Kier alpha value is -2.57. The van der Waals surface area contributed by atoms with Crippen LogP contribution in [-0.2, 0) is 19.4 Å². The molecule has 0 unspecified atom stereocenters. The highest BCUT2D eigenvalue weighted by molar-refractivity contribution is 7.92. The maximum Gasteiger partial charge on any atom is 0.233 e. The van der Waals surface area contributed by atoms with Crippen LogP contribution in [0.1, 0.15) is 79.2 Å². The third-order valence-corrected chi connectivity index (χ3v) is 9.95. The molecule has 3 fully saturated rings. The van der Waals surface area contributed by atoms with Gasteiger partial charge < -0.3 is 5.32 Å². The summed E-state index contributed by atoms with van der Waals surface area (Å²) in [6.45, 7) is 0. The molecule has 1 amide bonds. The van der Waals surface area contributed by atoms with Gasteiger partial charge in [-0.25, -0.2) is 13.4 Å². The van der Waals surface area contributed by atoms with E-state index in [9.17, 15) is 18.0 Å². The zero-order valence-electron chi connectivity index (χ0n) is 18.1. The summed E-state index contributed by atoms with van der Waals surface area (Å²) in [7, 11) is -3.33. The first-order chi connectivity index (χ1) is 15.8. The minimum absolute atomic E-state index is 0.124. The first-order valence-electron chi connectivity index (χ1n) is 11.4. The summed E-state index contributed by atoms with van der Waals surface area (Å²) in [4.78, 5) is 30.1. The van der Waals surface area contributed by atoms with E-state index in [-0.39, 0.29) is 28.8 Å². The van der Waals surface area contributed by atoms with Crippen LogP contribution in [-0.4, -0.2) is 30.3 Å². The van der Waals surface area contributed by atoms with Gasteiger partial charge in [-0.15, -0.1) is 0 Å². The van der Waals surface area contributed by atoms with Crippen molar-refractivity contribution in [1.82, 2.24) is 4.98 Å². The highest BCUT2D eigenvalue weighted by Crippen LogP contribution is 2.47. The molecule has 3 aliphatic carbocycles. The lowest BCUT2D eigenvalue weighted by Gasteiger charge is -2.21. The number of Topliss-reactive ketones (excluding diaryl/α,β-unsaturated/α-hetero) is 1. The van der Waals surface area contributed by atoms with Gasteiger partial charge in [0.05, 0.1) is 22.3 Å². The predicted octanol–water partition coefficient (Wildman–Crippen LogP) is 4.31. The molecule has 1 aromatic carbocycles. The van der Waals surface area contributed by atoms with Gasteiger partial charge in [-0.3, -0.25) is 9.59 Å². The Bertz CT molecular complexity index is 1250. The van der Waals surface area contributed by atoms with Crippen LogP contribution in [0.15, 0.2) is 29.3 Å². The van der Waals surface area contributed by atoms with Crippen molar-refractivity contribution in [3.8, 4) is 6.07 Å². The van der Waals surface area contributed by atoms with Gasteiger partial charge >= 0.3 is 0 Å². The van der Waals surface area contributed by atoms with Crippen molar-refractivity contribution in [2.24, 2.45) is 5.92 Å². The highest BCUT2D eigenvalue weighted by atomic mass is 32.2. The average molecular weight is 484 g/mol. The number of nitriles is 1. The Morgan fingerprint density at radius 2 is 2.03 bits per heavy atom. The van der Waals surface area contributed by atoms with Gasteiger partial charge in [0.1, 0.15) is 16.7 Å². The molecule has 9 heteroatoms. The van der Waals surface area contributed by atoms with Crippen LogP contribution in [0.25, 0.3) is 0 Å². The molecule has 0 saturated heterocycles. The fraction of sp³-hybridized carbons (Fsp3) is 0.500. The van der Waals surface area contributed by atoms with Crippen LogP contribution in [0.5, 0.6) is 0 Å². The molecule has 1 heterocycles. The number of anilines is 1. The van der Waals surface area contributed by atoms with Crippen LogP contribution >= 0.6 is 11.3 Å². The summed E-state index contributed by atoms with van der Waals surface area (Å²) in [5.74, 6) is -0.193. The molecular weight excluding hydrogens is 458 g/mol. The summed E-state index contributed by atoms with van der Waals surface area (Å²) in [6, 6.07) is 7.39. The van der Waals surface area contributed by atoms with E-state index in [0.29, 0.717) is 47.0 Å². The number of rotatable bonds is 8. The van der Waals surface area contributed by atoms with Crippen LogP contribution in [0, 0.1) is 17.2 Å². The fourth-order valence-electron chi connectivity index (χ4n) is 4.71. The lowest BCUT2D eigenvalue weighted by molar-refractivity contribution is -0.119. The quantitative estimate of drug-likeness (QED) is 0.598. The summed E-state index contributed by atoms with van der Waals surface area (Å²) < 4.78 is 26.0. The van der Waals surface area contributed by atoms with Crippen molar-refractivity contribution < 1.29 is 18.0 Å². The van der Waals surface area contributed by atoms with Gasteiger partial charge in [-0.1, -0.05) is 23.5 Å². The number of hydrogen-bond acceptors (Lipinski definition) is 7. The maximum absolute atomic E-state index is 13.3. The molecule has 0 radical (unpaired) electrons. The van der Waals surface area contributed by atoms with Gasteiger partial charge in [0.2, 0.25) is 5.91 Å². The third kappa shape index (κ3) is 4.73. The van der Waals surface area contributed by atoms with Crippen molar-refractivity contribution in [1.29, 1.82) is 5.26 Å². The van der Waals surface area contributed by atoms with Crippen LogP contribution in [0.3, 0.4) is 0 Å². The van der Waals surface area contributed by atoms with Gasteiger partial charge in [0, 0.05) is 12.8 Å². The minimum atomic E-state index is -3.33. The summed E-state index contributed by atoms with van der Waals surface area (Å²) in [6.07, 6.45) is 7.08. The van der Waals surface area contributed by atoms with E-state index in [1.807, 2.05) is 12.1 Å². The van der Waals surface area contributed by atoms with Gasteiger partial charge in [-0.05, 0) is 67.6 Å². The minimum Gasteiger partial charge on any atom is -0.301 e. The largest absolute Gasteiger partial charge is 0.301 e. The SMILES string of the molecule is N#Cc1cnc(NC(=O)[C@H](C[C@H]2CCC(=O)C2)c2ccc(S(=O)(=O)C3CC3)c(C3CC3)c2)s1. The second-order valence-corrected chi connectivity index (χ2v) is 12.6. The molecule has 1 aromatic heterocycles. The fourth-order valence-corrected chi connectivity index (χ4v) is 7.25. The summed E-state index contributed by atoms with van der Waals surface area (Å²) >= 11 is 1.11. The summed E-state index contributed by atoms with van der Waals surface area (Å²) in [5, 5.41) is 12.0. The Morgan fingerprint density at radius 3 is 2.64 bits per heavy atom. The van der Waals surface area contributed by atoms with E-state index in [4.69, 9.17) is 5.26 Å². The standard InChI is InChI=1S/C24H25N3O4S2/c25-12-18-13-26-24(32-18)27-23(29)21(10-14-1-5-17(28)9-14)16-4-8-22(20(11-16)15-2-3-15)33(30,31)19-6-7-19/h4,8,11,13-15,19,21H,1-3,5-7,9-10H2,(H,26,27,29)/t14-,21+/m0/s1. The van der Waals surface area contributed by atoms with Crippen LogP contribution < -0.4 is 5.32 Å². The Morgan fingerprint density at radius 1 is 1.24 bits per heavy atom. The van der Waals surface area contributed by atoms with Gasteiger partial charge in [0.25, 0.3) is 0 Å². The lowest BCUT2D eigenvalue weighted by atomic mass is 9.86. The highest BCUT2D eigenvalue weighted by Gasteiger charge is 2.41. The van der Waals surface area contributed by atoms with Crippen LogP contribution in [0.4, 0.5) is 5.13 Å². The topological polar surface area (TPSA) is 117 Å². The lowest BCUT2D eigenvalue weighted by Crippen LogP contribution is -2.23. The number of carbonyl (C=O) groups excluding carboxylic acids is 2. The number of hydrogen-bond donors (Lipinski definition) is 1. The van der Waals surface area contributed by atoms with Crippen molar-refractivity contribution in [2.45, 2.75) is 73.3 Å². The molecular formula is C24H25N3O4S2. The zero-order valence-corrected chi connectivity index (χ0v) is 19.8. The number of aromatic nitrogens is 1. The number of amides is 1. The van der Waals surface area contributed by atoms with E-state index in [1.54, 1.807) is 12.1 Å². The molecule has 0 bridgehead atoms. The number of ketones is 1. The van der Waals surface area contributed by atoms with Crippen molar-refractivity contribution in [3.05, 3.63) is 40.4 Å². The molecule has 3 saturated carbocycles. The third-order valence-electron chi connectivity index (χ3n) is 6.80. The smallest absolute Gasteiger partial charge is 0.233 e. The second kappa shape index (κ2) is 8.65. The van der Waals surface area contributed by atoms with Gasteiger partial charge in [0.15, 0.2) is 15.0 Å². The molecule has 1 N–H and O–H groups in total. The normalized spacial score (nSPS) is 21.5. The number of sulfone groups is 1. The predicted molar refractivity (Wildman–Crippen MR) is 124 cm³/mol. The molecule has 7 nitrogen and oxygen atoms in total. The Kier molecular flexibility index (Phi) is 5.83. The molecule has 3 aliphatic rings. The monoisotopic (exact) mass is 483 g/mol. The van der Waals surface area contributed by atoms with Crippen molar-refractivity contribution >= 4 is 38.0 Å². The van der Waals surface area contributed by atoms with Crippen molar-refractivity contribution in [3.63, 3.8) is 0 Å². The number of benzene rings is 1. The average Bonchev–Trinajstić information content (AvgIpc) is 3.72. The number of thiazole rings is 1. The first kappa shape index (κ1) is 22.2. The second-order valence-electron chi connectivity index (χ2n) is 9.38. The molecule has 2 aromatic rings. The molecule has 2 atom stereocenters. The van der Waals surface area contributed by atoms with Crippen LogP contribution in [0.2, 0.25) is 0 Å². The van der Waals surface area contributed by atoms with E-state index < -0.39 is 15.8 Å². The molecule has 0 spiro atoms. The summed E-state index contributed by atoms with van der Waals surface area (Å²) in [5.41, 5.74) is 1.61. The number of carbonyl (C=O) groups is 2. The molecule has 172 valence electrons. The molecule has 33 heavy (non-hydrogen) atoms. The van der Waals surface area contributed by atoms with Crippen molar-refractivity contribution in [2.75, 3.05) is 5.32 Å². The van der Waals surface area contributed by atoms with Gasteiger partial charge in [-0.2, -0.15) is 5.26 Å². The number of nitrogens with zero attached hydrogens (tertiary/aromatic N) is 2. The molecule has 5 rings (SSSR count). The Balaban J connectivity index is 1.47. The van der Waals surface area contributed by atoms with E-state index in [0.717, 1.165) is 41.7 Å². The first-order valence-corrected chi connectivity index (χ1v) is 13.8. The maximum atomic E-state index is 13.3. The zero-order chi connectivity index (χ0) is 23.2. The Labute approximate surface area is 197 Å². The molecule has 0 aliphatic heterocycles. The van der Waals surface area contributed by atoms with E-state index >= 15 is 0 Å². The van der Waals surface area contributed by atoms with E-state index in [2.05, 4.69) is 10.3 Å².